The summed E-state index contributed by atoms with van der Waals surface area (Å²) in [6, 6.07) is 1.44. The van der Waals surface area contributed by atoms with Gasteiger partial charge in [-0.2, -0.15) is 0 Å². The molecule has 3 aliphatic carbocycles. The van der Waals surface area contributed by atoms with Crippen LogP contribution in [0.25, 0.3) is 0 Å². The summed E-state index contributed by atoms with van der Waals surface area (Å²) in [5, 5.41) is 7.22. The van der Waals surface area contributed by atoms with Crippen molar-refractivity contribution in [2.45, 2.75) is 31.3 Å². The number of hydrogen-bond acceptors (Lipinski definition) is 3. The fraction of sp³-hybridized carbons (Fsp3) is 1.00. The highest BCUT2D eigenvalue weighted by Gasteiger charge is 2.64. The lowest BCUT2D eigenvalue weighted by Crippen LogP contribution is -2.39. The molecule has 2 N–H and O–H groups in total. The average Bonchev–Trinajstić information content (AvgIpc) is 2.80. The van der Waals surface area contributed by atoms with Gasteiger partial charge in [0.05, 0.1) is 13.2 Å². The highest BCUT2D eigenvalue weighted by atomic mass is 16.5. The number of ether oxygens (including phenoxy) is 1. The molecule has 0 amide bonds. The van der Waals surface area contributed by atoms with Crippen molar-refractivity contribution in [1.82, 2.24) is 10.6 Å². The van der Waals surface area contributed by atoms with E-state index in [0.29, 0.717) is 12.0 Å². The lowest BCUT2D eigenvalue weighted by atomic mass is 10.0. The molecular formula is C14H24N2O. The predicted molar refractivity (Wildman–Crippen MR) is 66.8 cm³/mol. The highest BCUT2D eigenvalue weighted by Crippen LogP contribution is 2.65. The lowest BCUT2D eigenvalue weighted by molar-refractivity contribution is 0.182. The van der Waals surface area contributed by atoms with E-state index in [1.165, 1.54) is 12.8 Å². The molecule has 3 heteroatoms. The van der Waals surface area contributed by atoms with Crippen LogP contribution in [0.3, 0.4) is 0 Å². The predicted octanol–water partition coefficient (Wildman–Crippen LogP) is 0.855. The van der Waals surface area contributed by atoms with E-state index in [-0.39, 0.29) is 0 Å². The molecule has 2 bridgehead atoms. The smallest absolute Gasteiger partial charge is 0.0623 e. The van der Waals surface area contributed by atoms with Crippen molar-refractivity contribution in [1.29, 1.82) is 0 Å². The van der Waals surface area contributed by atoms with Gasteiger partial charge in [0, 0.05) is 24.5 Å². The van der Waals surface area contributed by atoms with Crippen molar-refractivity contribution in [2.75, 3.05) is 26.8 Å². The summed E-state index contributed by atoms with van der Waals surface area (Å²) in [5.41, 5.74) is 0. The number of likely N-dealkylation sites (N-methyl/N-ethyl adjacent to an activating group) is 1. The first kappa shape index (κ1) is 10.8. The van der Waals surface area contributed by atoms with Gasteiger partial charge < -0.3 is 15.4 Å². The Morgan fingerprint density at radius 3 is 2.59 bits per heavy atom. The molecule has 4 fully saturated rings. The normalized spacial score (nSPS) is 55.2. The van der Waals surface area contributed by atoms with E-state index in [4.69, 9.17) is 4.74 Å². The second-order valence-electron chi connectivity index (χ2n) is 6.61. The lowest BCUT2D eigenvalue weighted by Gasteiger charge is -2.18. The summed E-state index contributed by atoms with van der Waals surface area (Å²) in [6.07, 6.45) is 4.60. The van der Waals surface area contributed by atoms with Crippen LogP contribution in [-0.2, 0) is 4.74 Å². The van der Waals surface area contributed by atoms with Gasteiger partial charge in [0.15, 0.2) is 0 Å². The Kier molecular flexibility index (Phi) is 2.50. The van der Waals surface area contributed by atoms with E-state index < -0.39 is 0 Å². The summed E-state index contributed by atoms with van der Waals surface area (Å²) >= 11 is 0. The van der Waals surface area contributed by atoms with Crippen LogP contribution in [0.1, 0.15) is 19.3 Å². The average molecular weight is 236 g/mol. The maximum Gasteiger partial charge on any atom is 0.0623 e. The molecule has 3 nitrogen and oxygen atoms in total. The third-order valence-corrected chi connectivity index (χ3v) is 5.92. The highest BCUT2D eigenvalue weighted by molar-refractivity contribution is 5.16. The molecule has 0 radical (unpaired) electrons. The number of fused-ring (bicyclic) bond motifs is 5. The SMILES string of the molecule is CNC1COCC1CNC1C2C3CCC(C3)C12. The van der Waals surface area contributed by atoms with Crippen molar-refractivity contribution in [3.63, 3.8) is 0 Å². The van der Waals surface area contributed by atoms with E-state index >= 15 is 0 Å². The first-order valence-corrected chi connectivity index (χ1v) is 7.37. The van der Waals surface area contributed by atoms with Crippen molar-refractivity contribution in [2.24, 2.45) is 29.6 Å². The molecule has 6 atom stereocenters. The molecule has 4 rings (SSSR count). The van der Waals surface area contributed by atoms with E-state index in [2.05, 4.69) is 17.7 Å². The minimum Gasteiger partial charge on any atom is -0.379 e. The van der Waals surface area contributed by atoms with Crippen LogP contribution in [-0.4, -0.2) is 38.9 Å². The molecule has 96 valence electrons. The van der Waals surface area contributed by atoms with Crippen molar-refractivity contribution in [3.8, 4) is 0 Å². The molecule has 1 heterocycles. The van der Waals surface area contributed by atoms with Gasteiger partial charge in [0.2, 0.25) is 0 Å². The molecule has 1 saturated heterocycles. The number of rotatable bonds is 4. The molecule has 1 aliphatic heterocycles. The summed E-state index contributed by atoms with van der Waals surface area (Å²) in [7, 11) is 2.05. The Labute approximate surface area is 104 Å². The van der Waals surface area contributed by atoms with Crippen LogP contribution < -0.4 is 10.6 Å². The third kappa shape index (κ3) is 1.59. The maximum atomic E-state index is 5.56. The van der Waals surface area contributed by atoms with Gasteiger partial charge in [-0.15, -0.1) is 0 Å². The molecule has 0 aromatic carbocycles. The van der Waals surface area contributed by atoms with Crippen LogP contribution >= 0.6 is 0 Å². The first-order valence-electron chi connectivity index (χ1n) is 7.37. The van der Waals surface area contributed by atoms with Crippen molar-refractivity contribution < 1.29 is 4.74 Å². The standard InChI is InChI=1S/C14H24N2O/c1-15-11-7-17-6-10(11)5-16-14-12-8-2-3-9(4-8)13(12)14/h8-16H,2-7H2,1H3. The van der Waals surface area contributed by atoms with Crippen LogP contribution in [0, 0.1) is 29.6 Å². The van der Waals surface area contributed by atoms with Gasteiger partial charge in [-0.3, -0.25) is 0 Å². The molecule has 0 aromatic heterocycles. The quantitative estimate of drug-likeness (QED) is 0.759. The number of hydrogen-bond donors (Lipinski definition) is 2. The van der Waals surface area contributed by atoms with E-state index in [1.54, 1.807) is 6.42 Å². The Balaban J connectivity index is 1.30. The minimum atomic E-state index is 0.567. The molecular weight excluding hydrogens is 212 g/mol. The molecule has 17 heavy (non-hydrogen) atoms. The molecule has 3 saturated carbocycles. The summed E-state index contributed by atoms with van der Waals surface area (Å²) in [6.45, 7) is 2.99. The Morgan fingerprint density at radius 2 is 1.88 bits per heavy atom. The fourth-order valence-corrected chi connectivity index (χ4v) is 5.00. The Morgan fingerprint density at radius 1 is 1.12 bits per heavy atom. The summed E-state index contributed by atoms with van der Waals surface area (Å²) < 4.78 is 5.56. The zero-order valence-electron chi connectivity index (χ0n) is 10.7. The first-order chi connectivity index (χ1) is 8.38. The second-order valence-corrected chi connectivity index (χ2v) is 6.61. The molecule has 0 spiro atoms. The maximum absolute atomic E-state index is 5.56. The van der Waals surface area contributed by atoms with Gasteiger partial charge in [-0.1, -0.05) is 0 Å². The van der Waals surface area contributed by atoms with Crippen LogP contribution in [0.4, 0.5) is 0 Å². The van der Waals surface area contributed by atoms with Gasteiger partial charge >= 0.3 is 0 Å². The van der Waals surface area contributed by atoms with E-state index in [0.717, 1.165) is 49.5 Å². The summed E-state index contributed by atoms with van der Waals surface area (Å²) in [4.78, 5) is 0. The zero-order chi connectivity index (χ0) is 11.4. The zero-order valence-corrected chi connectivity index (χ0v) is 10.7. The summed E-state index contributed by atoms with van der Waals surface area (Å²) in [5.74, 6) is 4.97. The molecule has 4 aliphatic rings. The van der Waals surface area contributed by atoms with Crippen molar-refractivity contribution in [3.05, 3.63) is 0 Å². The van der Waals surface area contributed by atoms with E-state index in [9.17, 15) is 0 Å². The topological polar surface area (TPSA) is 33.3 Å². The van der Waals surface area contributed by atoms with E-state index in [1.807, 2.05) is 0 Å². The van der Waals surface area contributed by atoms with Crippen LogP contribution in [0.2, 0.25) is 0 Å². The van der Waals surface area contributed by atoms with Gasteiger partial charge in [0.25, 0.3) is 0 Å². The van der Waals surface area contributed by atoms with Crippen LogP contribution in [0.15, 0.2) is 0 Å². The van der Waals surface area contributed by atoms with Gasteiger partial charge in [-0.05, 0) is 50.0 Å². The Hall–Kier alpha value is -0.120. The minimum absolute atomic E-state index is 0.567. The largest absolute Gasteiger partial charge is 0.379 e. The number of nitrogens with one attached hydrogen (secondary N) is 2. The monoisotopic (exact) mass is 236 g/mol. The molecule has 0 aromatic rings. The third-order valence-electron chi connectivity index (χ3n) is 5.92. The van der Waals surface area contributed by atoms with Gasteiger partial charge in [0.1, 0.15) is 0 Å². The fourth-order valence-electron chi connectivity index (χ4n) is 5.00. The Bertz CT molecular complexity index is 293. The molecule has 6 unspecified atom stereocenters. The van der Waals surface area contributed by atoms with Crippen LogP contribution in [0.5, 0.6) is 0 Å². The van der Waals surface area contributed by atoms with Crippen molar-refractivity contribution >= 4 is 0 Å². The van der Waals surface area contributed by atoms with Gasteiger partial charge in [-0.25, -0.2) is 0 Å². The second kappa shape index (κ2) is 3.94.